The summed E-state index contributed by atoms with van der Waals surface area (Å²) in [5.41, 5.74) is -2.24. The molecule has 0 spiro atoms. The second-order valence-electron chi connectivity index (χ2n) is 11.4. The van der Waals surface area contributed by atoms with E-state index in [-0.39, 0.29) is 52.3 Å². The highest BCUT2D eigenvalue weighted by Gasteiger charge is 2.53. The molecule has 11 nitrogen and oxygen atoms in total. The maximum atomic E-state index is 13.6. The van der Waals surface area contributed by atoms with E-state index in [1.165, 1.54) is 31.4 Å². The Bertz CT molecular complexity index is 1420. The van der Waals surface area contributed by atoms with Crippen molar-refractivity contribution in [3.8, 4) is 11.5 Å². The number of likely N-dealkylation sites (N-methyl/N-ethyl adjacent to an activating group) is 1. The van der Waals surface area contributed by atoms with Crippen LogP contribution in [0.25, 0.3) is 0 Å². The lowest BCUT2D eigenvalue weighted by atomic mass is 9.67. The van der Waals surface area contributed by atoms with Gasteiger partial charge in [-0.25, -0.2) is 0 Å². The van der Waals surface area contributed by atoms with Crippen LogP contribution in [-0.2, 0) is 19.0 Å². The molecular formula is C30H36NO10+. The lowest BCUT2D eigenvalue weighted by Crippen LogP contribution is -3.12. The van der Waals surface area contributed by atoms with Gasteiger partial charge in [-0.1, -0.05) is 19.1 Å². The van der Waals surface area contributed by atoms with E-state index in [0.29, 0.717) is 6.42 Å². The van der Waals surface area contributed by atoms with Gasteiger partial charge in [0.15, 0.2) is 12.1 Å². The molecule has 0 aromatic heterocycles. The Labute approximate surface area is 237 Å². The molecule has 11 heteroatoms. The molecule has 0 bridgehead atoms. The number of carbonyl (C=O) groups excluding carboxylic acids is 3. The highest BCUT2D eigenvalue weighted by Crippen LogP contribution is 2.53. The standard InChI is InChI=1S/C30H35NO10/c1-6-30(38)12-19(41-20-11-17(31(3)4)25(33)13(2)40-20)22-15(24(30)29(37)39-5)10-16-23(28(22)36)27(35)21-14(26(16)34)8-7-9-18(21)32/h7-10,13,17,19-20,24-25,32-33,36,38H,6,11-12H2,1-5H3/p+1/t13-,17-,19-,20-,24-,25+,30+/m0/s1. The Hall–Kier alpha value is -3.35. The monoisotopic (exact) mass is 570 g/mol. The molecule has 7 atom stereocenters. The third-order valence-electron chi connectivity index (χ3n) is 8.88. The maximum Gasteiger partial charge on any atom is 0.316 e. The number of phenolic OH excluding ortho intramolecular Hbond substituents is 2. The summed E-state index contributed by atoms with van der Waals surface area (Å²) >= 11 is 0. The van der Waals surface area contributed by atoms with Crippen molar-refractivity contribution in [2.24, 2.45) is 0 Å². The van der Waals surface area contributed by atoms with Crippen molar-refractivity contribution in [3.63, 3.8) is 0 Å². The number of benzene rings is 2. The predicted molar refractivity (Wildman–Crippen MR) is 143 cm³/mol. The number of quaternary nitrogens is 1. The first kappa shape index (κ1) is 29.2. The van der Waals surface area contributed by atoms with E-state index in [1.54, 1.807) is 13.8 Å². The van der Waals surface area contributed by atoms with Gasteiger partial charge in [0.25, 0.3) is 0 Å². The lowest BCUT2D eigenvalue weighted by Gasteiger charge is -2.45. The number of hydrogen-bond acceptors (Lipinski definition) is 10. The minimum atomic E-state index is -1.69. The summed E-state index contributed by atoms with van der Waals surface area (Å²) in [6.45, 7) is 3.42. The number of fused-ring (bicyclic) bond motifs is 3. The molecule has 1 fully saturated rings. The van der Waals surface area contributed by atoms with Gasteiger partial charge in [0.2, 0.25) is 5.78 Å². The molecule has 41 heavy (non-hydrogen) atoms. The molecule has 1 heterocycles. The summed E-state index contributed by atoms with van der Waals surface area (Å²) in [4.78, 5) is 41.3. The van der Waals surface area contributed by atoms with Crippen LogP contribution >= 0.6 is 0 Å². The number of nitrogens with one attached hydrogen (secondary N) is 1. The minimum absolute atomic E-state index is 0.0359. The number of ketones is 2. The first-order valence-corrected chi connectivity index (χ1v) is 13.7. The van der Waals surface area contributed by atoms with Crippen molar-refractivity contribution in [3.05, 3.63) is 57.6 Å². The Morgan fingerprint density at radius 1 is 1.15 bits per heavy atom. The van der Waals surface area contributed by atoms with Gasteiger partial charge >= 0.3 is 5.97 Å². The third-order valence-corrected chi connectivity index (χ3v) is 8.88. The average molecular weight is 571 g/mol. The molecule has 2 aliphatic carbocycles. The number of phenols is 2. The van der Waals surface area contributed by atoms with Crippen molar-refractivity contribution in [2.75, 3.05) is 21.2 Å². The van der Waals surface area contributed by atoms with E-state index in [2.05, 4.69) is 0 Å². The second kappa shape index (κ2) is 10.5. The SMILES string of the molecule is CC[C@@]1(O)C[C@H](O[C@H]2C[C@H]([NH+](C)C)[C@H](O)[C@H](C)O2)c2c(cc3c(c2O)C(=O)c2c(O)cccc2C3=O)[C@H]1C(=O)OC. The van der Waals surface area contributed by atoms with Gasteiger partial charge in [0.05, 0.1) is 56.6 Å². The molecular weight excluding hydrogens is 534 g/mol. The van der Waals surface area contributed by atoms with Crippen LogP contribution in [-0.4, -0.2) is 89.3 Å². The van der Waals surface area contributed by atoms with Crippen LogP contribution in [0.3, 0.4) is 0 Å². The lowest BCUT2D eigenvalue weighted by molar-refractivity contribution is -0.893. The van der Waals surface area contributed by atoms with Crippen LogP contribution in [0.5, 0.6) is 11.5 Å². The van der Waals surface area contributed by atoms with Gasteiger partial charge in [-0.15, -0.1) is 0 Å². The van der Waals surface area contributed by atoms with E-state index in [9.17, 15) is 34.8 Å². The fourth-order valence-electron chi connectivity index (χ4n) is 6.59. The van der Waals surface area contributed by atoms with Gasteiger partial charge in [-0.2, -0.15) is 0 Å². The first-order valence-electron chi connectivity index (χ1n) is 13.7. The number of ether oxygens (including phenoxy) is 3. The fourth-order valence-corrected chi connectivity index (χ4v) is 6.59. The predicted octanol–water partition coefficient (Wildman–Crippen LogP) is 0.741. The summed E-state index contributed by atoms with van der Waals surface area (Å²) in [5, 5.41) is 44.5. The van der Waals surface area contributed by atoms with Crippen molar-refractivity contribution in [1.29, 1.82) is 0 Å². The Morgan fingerprint density at radius 2 is 1.85 bits per heavy atom. The van der Waals surface area contributed by atoms with E-state index in [4.69, 9.17) is 14.2 Å². The van der Waals surface area contributed by atoms with E-state index >= 15 is 0 Å². The molecule has 3 aliphatic rings. The summed E-state index contributed by atoms with van der Waals surface area (Å²) in [7, 11) is 4.99. The number of esters is 1. The zero-order valence-corrected chi connectivity index (χ0v) is 23.6. The maximum absolute atomic E-state index is 13.6. The largest absolute Gasteiger partial charge is 0.507 e. The van der Waals surface area contributed by atoms with Gasteiger partial charge in [-0.05, 0) is 31.0 Å². The molecule has 0 radical (unpaired) electrons. The van der Waals surface area contributed by atoms with Crippen LogP contribution in [0.1, 0.15) is 88.1 Å². The Balaban J connectivity index is 1.69. The molecule has 5 rings (SSSR count). The summed E-state index contributed by atoms with van der Waals surface area (Å²) in [5.74, 6) is -4.40. The smallest absolute Gasteiger partial charge is 0.316 e. The molecule has 5 N–H and O–H groups in total. The molecule has 0 amide bonds. The van der Waals surface area contributed by atoms with Gasteiger partial charge in [0.1, 0.15) is 29.6 Å². The molecule has 220 valence electrons. The van der Waals surface area contributed by atoms with Crippen LogP contribution in [0, 0.1) is 0 Å². The summed E-state index contributed by atoms with van der Waals surface area (Å²) in [6.07, 6.45) is -2.96. The Kier molecular flexibility index (Phi) is 7.46. The summed E-state index contributed by atoms with van der Waals surface area (Å²) in [6, 6.07) is 5.24. The number of carbonyl (C=O) groups is 3. The Morgan fingerprint density at radius 3 is 2.49 bits per heavy atom. The number of aliphatic hydroxyl groups excluding tert-OH is 1. The zero-order chi connectivity index (χ0) is 30.0. The van der Waals surface area contributed by atoms with Gasteiger partial charge in [0, 0.05) is 23.1 Å². The molecule has 1 aliphatic heterocycles. The number of hydrogen-bond donors (Lipinski definition) is 5. The molecule has 2 aromatic carbocycles. The number of methoxy groups -OCH3 is 1. The van der Waals surface area contributed by atoms with Gasteiger partial charge in [-0.3, -0.25) is 14.4 Å². The van der Waals surface area contributed by atoms with Crippen molar-refractivity contribution in [2.45, 2.75) is 75.3 Å². The van der Waals surface area contributed by atoms with Crippen molar-refractivity contribution in [1.82, 2.24) is 0 Å². The molecule has 1 saturated heterocycles. The van der Waals surface area contributed by atoms with Gasteiger partial charge < -0.3 is 39.5 Å². The molecule has 0 unspecified atom stereocenters. The van der Waals surface area contributed by atoms with E-state index < -0.39 is 65.2 Å². The second-order valence-corrected chi connectivity index (χ2v) is 11.4. The normalized spacial score (nSPS) is 30.9. The first-order chi connectivity index (χ1) is 19.3. The number of aromatic hydroxyl groups is 2. The zero-order valence-electron chi connectivity index (χ0n) is 23.6. The summed E-state index contributed by atoms with van der Waals surface area (Å²) < 4.78 is 17.4. The van der Waals surface area contributed by atoms with Crippen molar-refractivity contribution >= 4 is 17.5 Å². The average Bonchev–Trinajstić information content (AvgIpc) is 2.92. The van der Waals surface area contributed by atoms with Crippen molar-refractivity contribution < 1.29 is 53.9 Å². The quantitative estimate of drug-likeness (QED) is 0.277. The molecule has 0 saturated carbocycles. The number of aliphatic hydroxyl groups is 2. The number of rotatable bonds is 5. The van der Waals surface area contributed by atoms with Crippen LogP contribution < -0.4 is 4.90 Å². The van der Waals surface area contributed by atoms with Crippen LogP contribution in [0.2, 0.25) is 0 Å². The highest BCUT2D eigenvalue weighted by molar-refractivity contribution is 6.30. The minimum Gasteiger partial charge on any atom is -0.507 e. The topological polar surface area (TPSA) is 164 Å². The molecule has 2 aromatic rings. The third kappa shape index (κ3) is 4.52. The van der Waals surface area contributed by atoms with E-state index in [0.717, 1.165) is 4.90 Å². The highest BCUT2D eigenvalue weighted by atomic mass is 16.7. The van der Waals surface area contributed by atoms with Crippen LogP contribution in [0.4, 0.5) is 0 Å². The van der Waals surface area contributed by atoms with Crippen LogP contribution in [0.15, 0.2) is 24.3 Å². The van der Waals surface area contributed by atoms with E-state index in [1.807, 2.05) is 14.1 Å². The fraction of sp³-hybridized carbons (Fsp3) is 0.500.